The van der Waals surface area contributed by atoms with Crippen molar-refractivity contribution in [3.63, 3.8) is 0 Å². The SMILES string of the molecule is CC.CCCCCCCCCc1ccc(C)cc1. The molecule has 1 aromatic rings. The van der Waals surface area contributed by atoms with Gasteiger partial charge >= 0.3 is 0 Å². The van der Waals surface area contributed by atoms with Gasteiger partial charge in [0, 0.05) is 0 Å². The molecule has 0 bridgehead atoms. The van der Waals surface area contributed by atoms with Crippen LogP contribution in [0.25, 0.3) is 0 Å². The van der Waals surface area contributed by atoms with Gasteiger partial charge in [-0.25, -0.2) is 0 Å². The minimum absolute atomic E-state index is 1.26. The zero-order chi connectivity index (χ0) is 13.6. The highest BCUT2D eigenvalue weighted by atomic mass is 14.0. The lowest BCUT2D eigenvalue weighted by Crippen LogP contribution is -1.86. The van der Waals surface area contributed by atoms with E-state index >= 15 is 0 Å². The van der Waals surface area contributed by atoms with Gasteiger partial charge in [0.2, 0.25) is 0 Å². The molecule has 0 aliphatic rings. The molecular weight excluding hydrogens is 216 g/mol. The van der Waals surface area contributed by atoms with E-state index in [9.17, 15) is 0 Å². The van der Waals surface area contributed by atoms with Crippen molar-refractivity contribution in [3.05, 3.63) is 35.4 Å². The van der Waals surface area contributed by atoms with Crippen LogP contribution in [0.15, 0.2) is 24.3 Å². The van der Waals surface area contributed by atoms with Gasteiger partial charge in [-0.2, -0.15) is 0 Å². The standard InChI is InChI=1S/C16H26.C2H6/c1-3-4-5-6-7-8-9-10-16-13-11-15(2)12-14-16;1-2/h11-14H,3-10H2,1-2H3;1-2H3. The van der Waals surface area contributed by atoms with Crippen molar-refractivity contribution in [2.75, 3.05) is 0 Å². The smallest absolute Gasteiger partial charge is 0.0279 e. The summed E-state index contributed by atoms with van der Waals surface area (Å²) >= 11 is 0. The molecule has 104 valence electrons. The van der Waals surface area contributed by atoms with Crippen LogP contribution in [-0.4, -0.2) is 0 Å². The average Bonchev–Trinajstić information content (AvgIpc) is 2.42. The molecule has 0 aliphatic carbocycles. The van der Waals surface area contributed by atoms with Crippen molar-refractivity contribution in [1.82, 2.24) is 0 Å². The molecule has 0 radical (unpaired) electrons. The van der Waals surface area contributed by atoms with Crippen LogP contribution in [0, 0.1) is 6.92 Å². The number of rotatable bonds is 8. The molecule has 18 heavy (non-hydrogen) atoms. The van der Waals surface area contributed by atoms with Gasteiger partial charge in [-0.15, -0.1) is 0 Å². The van der Waals surface area contributed by atoms with E-state index < -0.39 is 0 Å². The van der Waals surface area contributed by atoms with E-state index in [1.165, 1.54) is 62.5 Å². The number of benzene rings is 1. The fourth-order valence-corrected chi connectivity index (χ4v) is 2.04. The second-order valence-corrected chi connectivity index (χ2v) is 4.86. The molecule has 0 heterocycles. The van der Waals surface area contributed by atoms with Crippen molar-refractivity contribution in [3.8, 4) is 0 Å². The predicted molar refractivity (Wildman–Crippen MR) is 84.2 cm³/mol. The normalized spacial score (nSPS) is 9.78. The minimum atomic E-state index is 1.26. The molecule has 0 spiro atoms. The second kappa shape index (κ2) is 12.7. The third-order valence-corrected chi connectivity index (χ3v) is 3.19. The maximum absolute atomic E-state index is 2.28. The maximum atomic E-state index is 2.28. The molecule has 1 aromatic carbocycles. The fourth-order valence-electron chi connectivity index (χ4n) is 2.04. The summed E-state index contributed by atoms with van der Waals surface area (Å²) in [7, 11) is 0. The molecule has 0 heteroatoms. The lowest BCUT2D eigenvalue weighted by Gasteiger charge is -2.02. The maximum Gasteiger partial charge on any atom is -0.0279 e. The van der Waals surface area contributed by atoms with E-state index in [4.69, 9.17) is 0 Å². The van der Waals surface area contributed by atoms with Gasteiger partial charge in [0.15, 0.2) is 0 Å². The first-order valence-corrected chi connectivity index (χ1v) is 7.88. The fraction of sp³-hybridized carbons (Fsp3) is 0.667. The summed E-state index contributed by atoms with van der Waals surface area (Å²) in [6, 6.07) is 8.98. The van der Waals surface area contributed by atoms with Gasteiger partial charge in [-0.3, -0.25) is 0 Å². The lowest BCUT2D eigenvalue weighted by atomic mass is 10.0. The highest BCUT2D eigenvalue weighted by Gasteiger charge is 1.94. The number of unbranched alkanes of at least 4 members (excludes halogenated alkanes) is 6. The van der Waals surface area contributed by atoms with Crippen LogP contribution in [-0.2, 0) is 6.42 Å². The van der Waals surface area contributed by atoms with Crippen molar-refractivity contribution < 1.29 is 0 Å². The largest absolute Gasteiger partial charge is 0.0683 e. The predicted octanol–water partition coefficient (Wildman–Crippen LogP) is 6.31. The van der Waals surface area contributed by atoms with Crippen LogP contribution in [0.1, 0.15) is 76.8 Å². The van der Waals surface area contributed by atoms with Gasteiger partial charge in [0.1, 0.15) is 0 Å². The molecule has 0 atom stereocenters. The Morgan fingerprint density at radius 2 is 1.22 bits per heavy atom. The molecule has 0 unspecified atom stereocenters. The monoisotopic (exact) mass is 248 g/mol. The molecule has 1 rings (SSSR count). The highest BCUT2D eigenvalue weighted by molar-refractivity contribution is 5.21. The highest BCUT2D eigenvalue weighted by Crippen LogP contribution is 2.11. The topological polar surface area (TPSA) is 0 Å². The molecule has 0 fully saturated rings. The quantitative estimate of drug-likeness (QED) is 0.473. The van der Waals surface area contributed by atoms with Crippen LogP contribution >= 0.6 is 0 Å². The Morgan fingerprint density at radius 3 is 1.78 bits per heavy atom. The van der Waals surface area contributed by atoms with E-state index in [0.717, 1.165) is 0 Å². The molecule has 0 aromatic heterocycles. The zero-order valence-corrected chi connectivity index (χ0v) is 13.0. The Balaban J connectivity index is 0.00000137. The molecule has 0 amide bonds. The minimum Gasteiger partial charge on any atom is -0.0683 e. The van der Waals surface area contributed by atoms with Crippen LogP contribution in [0.3, 0.4) is 0 Å². The Kier molecular flexibility index (Phi) is 12.1. The summed E-state index contributed by atoms with van der Waals surface area (Å²) in [5.74, 6) is 0. The van der Waals surface area contributed by atoms with Crippen LogP contribution < -0.4 is 0 Å². The number of aryl methyl sites for hydroxylation is 2. The first-order chi connectivity index (χ1) is 8.83. The first-order valence-electron chi connectivity index (χ1n) is 7.88. The summed E-state index contributed by atoms with van der Waals surface area (Å²) in [4.78, 5) is 0. The molecule has 0 saturated carbocycles. The average molecular weight is 248 g/mol. The van der Waals surface area contributed by atoms with Crippen molar-refractivity contribution in [2.24, 2.45) is 0 Å². The number of hydrogen-bond donors (Lipinski definition) is 0. The molecular formula is C18H32. The summed E-state index contributed by atoms with van der Waals surface area (Å²) in [5.41, 5.74) is 2.86. The van der Waals surface area contributed by atoms with Crippen LogP contribution in [0.2, 0.25) is 0 Å². The summed E-state index contributed by atoms with van der Waals surface area (Å²) < 4.78 is 0. The summed E-state index contributed by atoms with van der Waals surface area (Å²) in [5, 5.41) is 0. The Hall–Kier alpha value is -0.780. The van der Waals surface area contributed by atoms with Gasteiger partial charge in [-0.05, 0) is 25.3 Å². The Bertz CT molecular complexity index is 258. The second-order valence-electron chi connectivity index (χ2n) is 4.86. The van der Waals surface area contributed by atoms with E-state index in [1.54, 1.807) is 0 Å². The molecule has 0 saturated heterocycles. The Morgan fingerprint density at radius 1 is 0.722 bits per heavy atom. The van der Waals surface area contributed by atoms with Crippen molar-refractivity contribution in [2.45, 2.75) is 79.1 Å². The number of hydrogen-bond acceptors (Lipinski definition) is 0. The summed E-state index contributed by atoms with van der Waals surface area (Å²) in [6.07, 6.45) is 11.1. The lowest BCUT2D eigenvalue weighted by molar-refractivity contribution is 0.589. The van der Waals surface area contributed by atoms with Crippen molar-refractivity contribution in [1.29, 1.82) is 0 Å². The van der Waals surface area contributed by atoms with Gasteiger partial charge < -0.3 is 0 Å². The van der Waals surface area contributed by atoms with E-state index in [1.807, 2.05) is 13.8 Å². The summed E-state index contributed by atoms with van der Waals surface area (Å²) in [6.45, 7) is 8.43. The van der Waals surface area contributed by atoms with Crippen LogP contribution in [0.4, 0.5) is 0 Å². The van der Waals surface area contributed by atoms with Crippen molar-refractivity contribution >= 4 is 0 Å². The molecule has 0 nitrogen and oxygen atoms in total. The zero-order valence-electron chi connectivity index (χ0n) is 13.0. The van der Waals surface area contributed by atoms with E-state index in [2.05, 4.69) is 38.1 Å². The Labute approximate surface area is 115 Å². The van der Waals surface area contributed by atoms with Gasteiger partial charge in [0.05, 0.1) is 0 Å². The van der Waals surface area contributed by atoms with E-state index in [0.29, 0.717) is 0 Å². The van der Waals surface area contributed by atoms with Gasteiger partial charge in [0.25, 0.3) is 0 Å². The van der Waals surface area contributed by atoms with Gasteiger partial charge in [-0.1, -0.05) is 89.1 Å². The first kappa shape index (κ1) is 17.2. The van der Waals surface area contributed by atoms with Crippen LogP contribution in [0.5, 0.6) is 0 Å². The molecule has 0 aliphatic heterocycles. The van der Waals surface area contributed by atoms with E-state index in [-0.39, 0.29) is 0 Å². The third kappa shape index (κ3) is 9.27. The molecule has 0 N–H and O–H groups in total. The third-order valence-electron chi connectivity index (χ3n) is 3.19.